The monoisotopic (exact) mass is 1050 g/mol. The molecule has 4 bridgehead atoms. The number of aryl methyl sites for hydroxylation is 6. The number of carbonyl (C=O) groups excluding carboxylic acids is 2. The fourth-order valence-corrected chi connectivity index (χ4v) is 17.5. The molecule has 6 aliphatic rings. The highest BCUT2D eigenvalue weighted by molar-refractivity contribution is 6.31. The van der Waals surface area contributed by atoms with E-state index in [-0.39, 0.29) is 35.2 Å². The van der Waals surface area contributed by atoms with Crippen LogP contribution in [0.15, 0.2) is 182 Å². The predicted molar refractivity (Wildman–Crippen MR) is 335 cm³/mol. The lowest BCUT2D eigenvalue weighted by Crippen LogP contribution is -2.19. The fourth-order valence-electron chi connectivity index (χ4n) is 17.5. The molecule has 0 atom stereocenters. The molecule has 82 heavy (non-hydrogen) atoms. The number of nitrogens with zero attached hydrogens (tertiary/aromatic N) is 2. The lowest BCUT2D eigenvalue weighted by Gasteiger charge is -2.30. The van der Waals surface area contributed by atoms with Crippen molar-refractivity contribution in [1.82, 2.24) is 8.80 Å². The summed E-state index contributed by atoms with van der Waals surface area (Å²) in [5.74, 6) is -0.553. The van der Waals surface area contributed by atoms with Crippen molar-refractivity contribution in [1.29, 1.82) is 0 Å². The van der Waals surface area contributed by atoms with Gasteiger partial charge in [0.2, 0.25) is 0 Å². The number of Topliss-reactive ketones (excluding diaryl/α,β-unsaturated/α-hetero) is 2. The third-order valence-corrected chi connectivity index (χ3v) is 20.3. The minimum Gasteiger partial charge on any atom is -0.308 e. The maximum atomic E-state index is 15.6. The average molecular weight is 1050 g/mol. The Bertz CT molecular complexity index is 5060. The van der Waals surface area contributed by atoms with Crippen molar-refractivity contribution in [3.05, 3.63) is 282 Å². The highest BCUT2D eigenvalue weighted by atomic mass is 16.1. The van der Waals surface area contributed by atoms with E-state index in [0.29, 0.717) is 0 Å². The maximum Gasteiger partial charge on any atom is 0.175 e. The minimum atomic E-state index is -0.373. The van der Waals surface area contributed by atoms with Gasteiger partial charge in [0.1, 0.15) is 0 Å². The number of rotatable bonds is 2. The largest absolute Gasteiger partial charge is 0.308 e. The van der Waals surface area contributed by atoms with Gasteiger partial charge < -0.3 is 8.80 Å². The quantitative estimate of drug-likeness (QED) is 0.173. The van der Waals surface area contributed by atoms with E-state index >= 15 is 9.59 Å². The van der Waals surface area contributed by atoms with Crippen LogP contribution in [-0.4, -0.2) is 20.4 Å². The molecule has 6 aliphatic carbocycles. The third kappa shape index (κ3) is 5.40. The summed E-state index contributed by atoms with van der Waals surface area (Å²) in [5, 5.41) is 9.39. The Hall–Kier alpha value is -9.64. The van der Waals surface area contributed by atoms with Crippen molar-refractivity contribution < 1.29 is 9.59 Å². The van der Waals surface area contributed by atoms with E-state index < -0.39 is 0 Å². The summed E-state index contributed by atoms with van der Waals surface area (Å²) < 4.78 is 5.00. The van der Waals surface area contributed by atoms with Gasteiger partial charge in [-0.3, -0.25) is 9.59 Å². The van der Waals surface area contributed by atoms with Gasteiger partial charge in [-0.2, -0.15) is 0 Å². The Morgan fingerprint density at radius 3 is 0.854 bits per heavy atom. The molecule has 4 heterocycles. The second-order valence-corrected chi connectivity index (χ2v) is 24.8. The standard InChI is InChI=1S/C78H52N2O2/c1-37-23-39(3)69(40(4)24-37)43-27-59-53-31-57-63(77(81)73-49-19-11-7-15-45(49)71(57)46-16-8-12-20-50(46)73)35-67(53)79-65-34-56-62-30-44(70-41(5)25-38(2)26-42(70)6)28-60-54-32-58-64(36-68(54)80(76(60)62)66(56)33-55(65)61(29-43)75(59)79)78(82)74-51-21-13-9-17-47(51)72(58)48-18-10-14-22-52(48)74/h7-36,71-74H,1-6H3. The number of ketones is 2. The zero-order valence-electron chi connectivity index (χ0n) is 46.3. The van der Waals surface area contributed by atoms with Gasteiger partial charge in [-0.15, -0.1) is 0 Å². The van der Waals surface area contributed by atoms with Crippen molar-refractivity contribution in [3.63, 3.8) is 0 Å². The van der Waals surface area contributed by atoms with E-state index in [9.17, 15) is 0 Å². The number of hydrogen-bond donors (Lipinski definition) is 0. The number of fused-ring (bicyclic) bond motifs is 12. The topological polar surface area (TPSA) is 43.0 Å². The Morgan fingerprint density at radius 1 is 0.280 bits per heavy atom. The van der Waals surface area contributed by atoms with Gasteiger partial charge in [0.25, 0.3) is 0 Å². The fraction of sp³-hybridized carbons (Fsp3) is 0.128. The van der Waals surface area contributed by atoms with Crippen LogP contribution < -0.4 is 0 Å². The van der Waals surface area contributed by atoms with E-state index in [1.165, 1.54) is 110 Å². The van der Waals surface area contributed by atoms with Crippen LogP contribution in [0.4, 0.5) is 0 Å². The molecular weight excluding hydrogens is 997 g/mol. The van der Waals surface area contributed by atoms with Gasteiger partial charge in [0.15, 0.2) is 11.6 Å². The summed E-state index contributed by atoms with van der Waals surface area (Å²) in [6.07, 6.45) is 0. The highest BCUT2D eigenvalue weighted by Crippen LogP contribution is 2.57. The first-order valence-electron chi connectivity index (χ1n) is 29.1. The molecule has 4 aromatic heterocycles. The molecule has 0 amide bonds. The summed E-state index contributed by atoms with van der Waals surface area (Å²) in [4.78, 5) is 31.2. The summed E-state index contributed by atoms with van der Waals surface area (Å²) >= 11 is 0. The van der Waals surface area contributed by atoms with Crippen LogP contribution in [0.1, 0.15) is 133 Å². The Balaban J connectivity index is 0.960. The molecule has 0 aliphatic heterocycles. The van der Waals surface area contributed by atoms with Gasteiger partial charge in [-0.25, -0.2) is 0 Å². The predicted octanol–water partition coefficient (Wildman–Crippen LogP) is 18.8. The zero-order valence-corrected chi connectivity index (χ0v) is 46.3. The van der Waals surface area contributed by atoms with E-state index in [2.05, 4.69) is 232 Å². The zero-order chi connectivity index (χ0) is 54.6. The van der Waals surface area contributed by atoms with E-state index in [1.54, 1.807) is 0 Å². The molecule has 0 spiro atoms. The molecule has 4 heteroatoms. The molecule has 21 rings (SSSR count). The molecule has 0 saturated carbocycles. The van der Waals surface area contributed by atoms with E-state index in [0.717, 1.165) is 88.1 Å². The van der Waals surface area contributed by atoms with Crippen molar-refractivity contribution in [2.45, 2.75) is 65.2 Å². The van der Waals surface area contributed by atoms with Crippen LogP contribution in [0.25, 0.3) is 98.4 Å². The average Bonchev–Trinajstić information content (AvgIpc) is 3.97. The Labute approximate surface area is 473 Å². The molecule has 0 fully saturated rings. The molecule has 15 aromatic rings. The van der Waals surface area contributed by atoms with Crippen LogP contribution in [0.3, 0.4) is 0 Å². The van der Waals surface area contributed by atoms with E-state index in [1.807, 2.05) is 0 Å². The summed E-state index contributed by atoms with van der Waals surface area (Å²) in [5.41, 5.74) is 32.3. The highest BCUT2D eigenvalue weighted by Gasteiger charge is 2.45. The SMILES string of the molecule is Cc1cc(C)c(-c2cc3c4cc5c(cc4n4c6cc7c8cc(-c9c(C)cc(C)cc9C)cc9c%10cc%11c(cc%10n(c7cc6c(c2)c34)c98)C(=O)C2c3ccccc3C%11c3ccccc32)C(=O)C2c3ccccc3C5c3ccccc32)c(C)c1. The van der Waals surface area contributed by atoms with Crippen LogP contribution in [-0.2, 0) is 0 Å². The lowest BCUT2D eigenvalue weighted by atomic mass is 9.72. The first-order valence-corrected chi connectivity index (χ1v) is 29.1. The molecule has 0 radical (unpaired) electrons. The first kappa shape index (κ1) is 45.1. The van der Waals surface area contributed by atoms with Crippen LogP contribution in [0.2, 0.25) is 0 Å². The Kier molecular flexibility index (Phi) is 8.38. The van der Waals surface area contributed by atoms with Gasteiger partial charge in [-0.1, -0.05) is 132 Å². The van der Waals surface area contributed by atoms with Gasteiger partial charge in [-0.05, 0) is 202 Å². The van der Waals surface area contributed by atoms with Gasteiger partial charge in [0, 0.05) is 66.1 Å². The normalized spacial score (nSPS) is 17.7. The molecule has 0 saturated heterocycles. The molecule has 11 aromatic carbocycles. The number of benzene rings is 11. The van der Waals surface area contributed by atoms with E-state index in [4.69, 9.17) is 0 Å². The van der Waals surface area contributed by atoms with Crippen molar-refractivity contribution in [2.24, 2.45) is 0 Å². The van der Waals surface area contributed by atoms with Gasteiger partial charge >= 0.3 is 0 Å². The third-order valence-electron chi connectivity index (χ3n) is 20.3. The first-order chi connectivity index (χ1) is 40.0. The second kappa shape index (κ2) is 15.2. The minimum absolute atomic E-state index is 0.0678. The van der Waals surface area contributed by atoms with Crippen LogP contribution in [0, 0.1) is 41.5 Å². The number of aromatic nitrogens is 2. The molecule has 0 unspecified atom stereocenters. The van der Waals surface area contributed by atoms with Crippen molar-refractivity contribution in [3.8, 4) is 22.3 Å². The van der Waals surface area contributed by atoms with Gasteiger partial charge in [0.05, 0.1) is 44.9 Å². The number of carbonyl (C=O) groups is 2. The molecular formula is C78H52N2O2. The smallest absolute Gasteiger partial charge is 0.175 e. The molecule has 0 N–H and O–H groups in total. The van der Waals surface area contributed by atoms with Crippen molar-refractivity contribution in [2.75, 3.05) is 0 Å². The second-order valence-electron chi connectivity index (χ2n) is 24.8. The summed E-state index contributed by atoms with van der Waals surface area (Å²) in [7, 11) is 0. The summed E-state index contributed by atoms with van der Waals surface area (Å²) in [6, 6.07) is 67.9. The molecule has 4 nitrogen and oxygen atoms in total. The maximum absolute atomic E-state index is 15.6. The van der Waals surface area contributed by atoms with Crippen LogP contribution in [0.5, 0.6) is 0 Å². The molecule has 386 valence electrons. The Morgan fingerprint density at radius 2 is 0.549 bits per heavy atom. The summed E-state index contributed by atoms with van der Waals surface area (Å²) in [6.45, 7) is 13.4. The lowest BCUT2D eigenvalue weighted by molar-refractivity contribution is 0.0966. The number of hydrogen-bond acceptors (Lipinski definition) is 2. The van der Waals surface area contributed by atoms with Crippen LogP contribution >= 0.6 is 0 Å². The van der Waals surface area contributed by atoms with Crippen molar-refractivity contribution >= 4 is 87.8 Å².